The number of hydrogen-bond acceptors (Lipinski definition) is 2. The molecule has 106 valence electrons. The minimum Gasteiger partial charge on any atom is -0.386 e. The summed E-state index contributed by atoms with van der Waals surface area (Å²) >= 11 is 6.20. The third-order valence-electron chi connectivity index (χ3n) is 4.02. The number of aliphatic hydroxyl groups is 1. The average Bonchev–Trinajstić information content (AvgIpc) is 3.19. The molecule has 20 heavy (non-hydrogen) atoms. The van der Waals surface area contributed by atoms with Crippen LogP contribution in [0.15, 0.2) is 36.5 Å². The van der Waals surface area contributed by atoms with Crippen LogP contribution in [0.2, 0.25) is 5.02 Å². The molecule has 1 saturated carbocycles. The number of nitrogens with zero attached hydrogens (tertiary/aromatic N) is 2. The number of aromatic nitrogens is 2. The van der Waals surface area contributed by atoms with E-state index in [0.29, 0.717) is 10.9 Å². The van der Waals surface area contributed by atoms with Crippen molar-refractivity contribution in [2.45, 2.75) is 38.3 Å². The molecule has 1 aliphatic rings. The van der Waals surface area contributed by atoms with E-state index in [1.165, 1.54) is 5.56 Å². The van der Waals surface area contributed by atoms with E-state index in [-0.39, 0.29) is 5.92 Å². The molecule has 3 unspecified atom stereocenters. The fourth-order valence-electron chi connectivity index (χ4n) is 2.91. The Labute approximate surface area is 124 Å². The van der Waals surface area contributed by atoms with Crippen LogP contribution < -0.4 is 0 Å². The van der Waals surface area contributed by atoms with Crippen molar-refractivity contribution in [3.05, 3.63) is 52.8 Å². The maximum absolute atomic E-state index is 10.6. The van der Waals surface area contributed by atoms with Crippen molar-refractivity contribution in [3.63, 3.8) is 0 Å². The zero-order chi connectivity index (χ0) is 14.1. The molecule has 0 aliphatic heterocycles. The Bertz CT molecular complexity index is 581. The van der Waals surface area contributed by atoms with Crippen molar-refractivity contribution in [2.24, 2.45) is 5.92 Å². The third kappa shape index (κ3) is 2.48. The van der Waals surface area contributed by atoms with Crippen LogP contribution in [0, 0.1) is 5.92 Å². The van der Waals surface area contributed by atoms with Gasteiger partial charge < -0.3 is 5.11 Å². The van der Waals surface area contributed by atoms with Crippen LogP contribution in [0.1, 0.15) is 43.0 Å². The molecule has 1 aromatic carbocycles. The highest BCUT2D eigenvalue weighted by Gasteiger charge is 2.45. The van der Waals surface area contributed by atoms with Crippen molar-refractivity contribution in [3.8, 4) is 0 Å². The molecule has 0 saturated heterocycles. The highest BCUT2D eigenvalue weighted by molar-refractivity contribution is 6.31. The summed E-state index contributed by atoms with van der Waals surface area (Å²) in [6.07, 6.45) is 3.10. The van der Waals surface area contributed by atoms with Gasteiger partial charge in [0.2, 0.25) is 0 Å². The first-order valence-corrected chi connectivity index (χ1v) is 7.54. The molecule has 1 N–H and O–H groups in total. The number of benzene rings is 1. The van der Waals surface area contributed by atoms with E-state index in [2.05, 4.69) is 24.2 Å². The summed E-state index contributed by atoms with van der Waals surface area (Å²) in [7, 11) is 0. The lowest BCUT2D eigenvalue weighted by Crippen LogP contribution is -2.11. The summed E-state index contributed by atoms with van der Waals surface area (Å²) in [5.41, 5.74) is 2.08. The van der Waals surface area contributed by atoms with Gasteiger partial charge in [-0.1, -0.05) is 48.9 Å². The van der Waals surface area contributed by atoms with Crippen LogP contribution in [-0.4, -0.2) is 14.9 Å². The van der Waals surface area contributed by atoms with Crippen LogP contribution in [0.3, 0.4) is 0 Å². The summed E-state index contributed by atoms with van der Waals surface area (Å²) in [5.74, 6) is 0.689. The van der Waals surface area contributed by atoms with Crippen molar-refractivity contribution in [2.75, 3.05) is 0 Å². The lowest BCUT2D eigenvalue weighted by molar-refractivity contribution is 0.140. The Kier molecular flexibility index (Phi) is 3.81. The van der Waals surface area contributed by atoms with Gasteiger partial charge in [-0.15, -0.1) is 0 Å². The Balaban J connectivity index is 1.78. The summed E-state index contributed by atoms with van der Waals surface area (Å²) in [5, 5.41) is 15.5. The molecular weight excluding hydrogens is 272 g/mol. The highest BCUT2D eigenvalue weighted by atomic mass is 35.5. The van der Waals surface area contributed by atoms with Gasteiger partial charge in [0.15, 0.2) is 0 Å². The summed E-state index contributed by atoms with van der Waals surface area (Å²) in [6.45, 7) is 2.89. The van der Waals surface area contributed by atoms with Crippen molar-refractivity contribution in [1.82, 2.24) is 9.78 Å². The van der Waals surface area contributed by atoms with Gasteiger partial charge in [-0.2, -0.15) is 5.10 Å². The van der Waals surface area contributed by atoms with Gasteiger partial charge in [-0.05, 0) is 30.2 Å². The van der Waals surface area contributed by atoms with Crippen LogP contribution in [0.25, 0.3) is 0 Å². The number of rotatable bonds is 5. The number of hydrogen-bond donors (Lipinski definition) is 1. The molecule has 0 spiro atoms. The SMILES string of the molecule is CCCn1ncc(Cl)c1C(O)C1CC1c1ccccc1. The molecular formula is C16H19ClN2O. The lowest BCUT2D eigenvalue weighted by Gasteiger charge is -2.14. The Morgan fingerprint density at radius 1 is 1.40 bits per heavy atom. The maximum atomic E-state index is 10.6. The van der Waals surface area contributed by atoms with E-state index < -0.39 is 6.10 Å². The van der Waals surface area contributed by atoms with E-state index in [0.717, 1.165) is 25.1 Å². The molecule has 3 atom stereocenters. The second-order valence-electron chi connectivity index (χ2n) is 5.46. The molecule has 0 bridgehead atoms. The monoisotopic (exact) mass is 290 g/mol. The minimum absolute atomic E-state index is 0.252. The summed E-state index contributed by atoms with van der Waals surface area (Å²) < 4.78 is 1.84. The minimum atomic E-state index is -0.526. The van der Waals surface area contributed by atoms with E-state index in [1.54, 1.807) is 6.20 Å². The molecule has 2 aromatic rings. The highest BCUT2D eigenvalue weighted by Crippen LogP contribution is 2.54. The summed E-state index contributed by atoms with van der Waals surface area (Å²) in [6, 6.07) is 10.4. The second-order valence-corrected chi connectivity index (χ2v) is 5.87. The first-order valence-electron chi connectivity index (χ1n) is 7.16. The van der Waals surface area contributed by atoms with Gasteiger partial charge in [-0.3, -0.25) is 4.68 Å². The molecule has 4 heteroatoms. The summed E-state index contributed by atoms with van der Waals surface area (Å²) in [4.78, 5) is 0. The van der Waals surface area contributed by atoms with Crippen LogP contribution in [0.4, 0.5) is 0 Å². The molecule has 1 fully saturated rings. The number of aliphatic hydroxyl groups excluding tert-OH is 1. The smallest absolute Gasteiger partial charge is 0.101 e. The van der Waals surface area contributed by atoms with Crippen molar-refractivity contribution >= 4 is 11.6 Å². The lowest BCUT2D eigenvalue weighted by atomic mass is 10.1. The first-order chi connectivity index (χ1) is 9.72. The van der Waals surface area contributed by atoms with Crippen LogP contribution >= 0.6 is 11.6 Å². The average molecular weight is 291 g/mol. The molecule has 1 heterocycles. The Morgan fingerprint density at radius 2 is 2.15 bits per heavy atom. The fourth-order valence-corrected chi connectivity index (χ4v) is 3.16. The van der Waals surface area contributed by atoms with Gasteiger partial charge in [0.1, 0.15) is 6.10 Å². The number of halogens is 1. The van der Waals surface area contributed by atoms with Crippen LogP contribution in [0.5, 0.6) is 0 Å². The second kappa shape index (κ2) is 5.58. The van der Waals surface area contributed by atoms with Gasteiger partial charge in [0.05, 0.1) is 16.9 Å². The zero-order valence-electron chi connectivity index (χ0n) is 11.5. The van der Waals surface area contributed by atoms with Crippen LogP contribution in [-0.2, 0) is 6.54 Å². The van der Waals surface area contributed by atoms with Crippen molar-refractivity contribution < 1.29 is 5.11 Å². The predicted octanol–water partition coefficient (Wildman–Crippen LogP) is 3.78. The van der Waals surface area contributed by atoms with E-state index in [9.17, 15) is 5.11 Å². The van der Waals surface area contributed by atoms with Crippen molar-refractivity contribution in [1.29, 1.82) is 0 Å². The Morgan fingerprint density at radius 3 is 2.85 bits per heavy atom. The number of aryl methyl sites for hydroxylation is 1. The Hall–Kier alpha value is -1.32. The largest absolute Gasteiger partial charge is 0.386 e. The topological polar surface area (TPSA) is 38.0 Å². The fraction of sp³-hybridized carbons (Fsp3) is 0.438. The molecule has 1 aromatic heterocycles. The molecule has 1 aliphatic carbocycles. The molecule has 0 radical (unpaired) electrons. The molecule has 3 nitrogen and oxygen atoms in total. The quantitative estimate of drug-likeness (QED) is 0.910. The van der Waals surface area contributed by atoms with Gasteiger partial charge >= 0.3 is 0 Å². The zero-order valence-corrected chi connectivity index (χ0v) is 12.3. The third-order valence-corrected chi connectivity index (χ3v) is 4.31. The van der Waals surface area contributed by atoms with Gasteiger partial charge in [-0.25, -0.2) is 0 Å². The predicted molar refractivity (Wildman–Crippen MR) is 79.8 cm³/mol. The maximum Gasteiger partial charge on any atom is 0.101 e. The van der Waals surface area contributed by atoms with Gasteiger partial charge in [0, 0.05) is 6.54 Å². The van der Waals surface area contributed by atoms with E-state index in [1.807, 2.05) is 22.9 Å². The standard InChI is InChI=1S/C16H19ClN2O/c1-2-8-19-15(14(17)10-18-19)16(20)13-9-12(13)11-6-4-3-5-7-11/h3-7,10,12-13,16,20H,2,8-9H2,1H3. The molecule has 0 amide bonds. The van der Waals surface area contributed by atoms with Gasteiger partial charge in [0.25, 0.3) is 0 Å². The normalized spacial score (nSPS) is 22.8. The molecule has 3 rings (SSSR count). The van der Waals surface area contributed by atoms with E-state index in [4.69, 9.17) is 11.6 Å². The first kappa shape index (κ1) is 13.7. The van der Waals surface area contributed by atoms with E-state index >= 15 is 0 Å².